The first-order valence-corrected chi connectivity index (χ1v) is 8.38. The zero-order chi connectivity index (χ0) is 17.0. The summed E-state index contributed by atoms with van der Waals surface area (Å²) in [4.78, 5) is 35.2. The summed E-state index contributed by atoms with van der Waals surface area (Å²) in [6, 6.07) is 1.38. The smallest absolute Gasteiger partial charge is 0.248 e. The van der Waals surface area contributed by atoms with Gasteiger partial charge in [-0.15, -0.1) is 0 Å². The summed E-state index contributed by atoms with van der Waals surface area (Å²) in [6.45, 7) is 8.55. The third-order valence-electron chi connectivity index (χ3n) is 3.98. The van der Waals surface area contributed by atoms with Crippen molar-refractivity contribution in [2.24, 2.45) is 0 Å². The van der Waals surface area contributed by atoms with Crippen LogP contribution in [0, 0.1) is 6.92 Å². The Balaban J connectivity index is 2.10. The van der Waals surface area contributed by atoms with E-state index in [0.29, 0.717) is 31.0 Å². The summed E-state index contributed by atoms with van der Waals surface area (Å²) >= 11 is 0. The second-order valence-electron chi connectivity index (χ2n) is 6.39. The van der Waals surface area contributed by atoms with Gasteiger partial charge in [0.2, 0.25) is 11.8 Å². The van der Waals surface area contributed by atoms with Gasteiger partial charge in [0.1, 0.15) is 17.7 Å². The second-order valence-corrected chi connectivity index (χ2v) is 6.39. The average molecular weight is 318 g/mol. The van der Waals surface area contributed by atoms with Gasteiger partial charge in [0.25, 0.3) is 0 Å². The third kappa shape index (κ3) is 4.27. The predicted octanol–water partition coefficient (Wildman–Crippen LogP) is 2.64. The maximum absolute atomic E-state index is 12.6. The van der Waals surface area contributed by atoms with Gasteiger partial charge >= 0.3 is 0 Å². The monoisotopic (exact) mass is 318 g/mol. The molecule has 1 unspecified atom stereocenters. The summed E-state index contributed by atoms with van der Waals surface area (Å²) in [5.74, 6) is 1.33. The van der Waals surface area contributed by atoms with Crippen LogP contribution in [-0.2, 0) is 9.59 Å². The molecule has 2 amide bonds. The maximum atomic E-state index is 12.6. The highest BCUT2D eigenvalue weighted by molar-refractivity contribution is 5.96. The number of nitrogens with one attached hydrogen (secondary N) is 1. The van der Waals surface area contributed by atoms with Crippen molar-refractivity contribution < 1.29 is 9.59 Å². The molecular formula is C17H26N4O2. The molecule has 6 nitrogen and oxygen atoms in total. The van der Waals surface area contributed by atoms with Crippen LogP contribution < -0.4 is 5.32 Å². The van der Waals surface area contributed by atoms with Crippen molar-refractivity contribution in [1.29, 1.82) is 0 Å². The quantitative estimate of drug-likeness (QED) is 0.905. The Bertz CT molecular complexity index is 586. The number of rotatable bonds is 5. The summed E-state index contributed by atoms with van der Waals surface area (Å²) < 4.78 is 0. The van der Waals surface area contributed by atoms with E-state index in [2.05, 4.69) is 15.3 Å². The van der Waals surface area contributed by atoms with Crippen molar-refractivity contribution >= 4 is 17.6 Å². The molecule has 23 heavy (non-hydrogen) atoms. The highest BCUT2D eigenvalue weighted by Crippen LogP contribution is 2.21. The summed E-state index contributed by atoms with van der Waals surface area (Å²) in [5, 5.41) is 2.86. The Morgan fingerprint density at radius 2 is 2.13 bits per heavy atom. The topological polar surface area (TPSA) is 75.2 Å². The molecule has 1 aromatic heterocycles. The van der Waals surface area contributed by atoms with Crippen LogP contribution >= 0.6 is 0 Å². The first-order chi connectivity index (χ1) is 10.9. The molecule has 0 aliphatic carbocycles. The lowest BCUT2D eigenvalue weighted by molar-refractivity contribution is -0.136. The van der Waals surface area contributed by atoms with Gasteiger partial charge in [-0.3, -0.25) is 9.59 Å². The van der Waals surface area contributed by atoms with Gasteiger partial charge in [0.05, 0.1) is 0 Å². The Morgan fingerprint density at radius 3 is 2.78 bits per heavy atom. The number of hydrogen-bond acceptors (Lipinski definition) is 4. The highest BCUT2D eigenvalue weighted by atomic mass is 16.2. The van der Waals surface area contributed by atoms with E-state index >= 15 is 0 Å². The molecule has 1 aromatic rings. The molecule has 0 aromatic carbocycles. The van der Waals surface area contributed by atoms with E-state index in [9.17, 15) is 9.59 Å². The number of carbonyl (C=O) groups is 2. The number of hydrogen-bond donors (Lipinski definition) is 1. The Kier molecular flexibility index (Phi) is 5.69. The molecule has 0 radical (unpaired) electrons. The van der Waals surface area contributed by atoms with E-state index in [0.717, 1.165) is 18.5 Å². The van der Waals surface area contributed by atoms with Crippen molar-refractivity contribution in [3.63, 3.8) is 0 Å². The normalized spacial score (nSPS) is 17.6. The molecule has 0 saturated carbocycles. The van der Waals surface area contributed by atoms with Gasteiger partial charge in [-0.25, -0.2) is 9.97 Å². The number of anilines is 1. The molecule has 1 N–H and O–H groups in total. The molecule has 1 aliphatic heterocycles. The molecule has 1 saturated heterocycles. The van der Waals surface area contributed by atoms with Crippen LogP contribution in [0.5, 0.6) is 0 Å². The van der Waals surface area contributed by atoms with Crippen LogP contribution in [0.1, 0.15) is 63.9 Å². The average Bonchev–Trinajstić information content (AvgIpc) is 2.96. The molecule has 1 aliphatic rings. The second kappa shape index (κ2) is 7.53. The lowest BCUT2D eigenvalue weighted by atomic mass is 10.2. The van der Waals surface area contributed by atoms with Crippen molar-refractivity contribution in [2.75, 3.05) is 11.9 Å². The SMILES string of the molecule is CCCC(=O)N1CCCC1C(=O)Nc1cc(C)nc(C(C)C)n1. The van der Waals surface area contributed by atoms with Crippen molar-refractivity contribution in [3.8, 4) is 0 Å². The predicted molar refractivity (Wildman–Crippen MR) is 89.1 cm³/mol. The third-order valence-corrected chi connectivity index (χ3v) is 3.98. The fraction of sp³-hybridized carbons (Fsp3) is 0.647. The fourth-order valence-corrected chi connectivity index (χ4v) is 2.82. The number of aryl methyl sites for hydroxylation is 1. The van der Waals surface area contributed by atoms with Gasteiger partial charge in [-0.2, -0.15) is 0 Å². The van der Waals surface area contributed by atoms with Crippen molar-refractivity contribution in [1.82, 2.24) is 14.9 Å². The summed E-state index contributed by atoms with van der Waals surface area (Å²) in [7, 11) is 0. The van der Waals surface area contributed by atoms with E-state index in [1.165, 1.54) is 0 Å². The summed E-state index contributed by atoms with van der Waals surface area (Å²) in [5.41, 5.74) is 0.823. The minimum absolute atomic E-state index is 0.0619. The number of aromatic nitrogens is 2. The lowest BCUT2D eigenvalue weighted by Crippen LogP contribution is -2.43. The van der Waals surface area contributed by atoms with E-state index < -0.39 is 0 Å². The molecule has 0 spiro atoms. The number of amides is 2. The van der Waals surface area contributed by atoms with E-state index in [-0.39, 0.29) is 23.8 Å². The number of likely N-dealkylation sites (tertiary alicyclic amines) is 1. The van der Waals surface area contributed by atoms with Gasteiger partial charge in [-0.05, 0) is 26.2 Å². The molecule has 126 valence electrons. The van der Waals surface area contributed by atoms with E-state index in [1.807, 2.05) is 27.7 Å². The zero-order valence-electron chi connectivity index (χ0n) is 14.4. The van der Waals surface area contributed by atoms with Crippen molar-refractivity contribution in [3.05, 3.63) is 17.6 Å². The molecule has 6 heteroatoms. The molecule has 0 bridgehead atoms. The Labute approximate surface area is 137 Å². The van der Waals surface area contributed by atoms with E-state index in [4.69, 9.17) is 0 Å². The minimum Gasteiger partial charge on any atom is -0.331 e. The number of carbonyl (C=O) groups excluding carboxylic acids is 2. The Morgan fingerprint density at radius 1 is 1.39 bits per heavy atom. The standard InChI is InChI=1S/C17H26N4O2/c1-5-7-15(22)21-9-6-8-13(21)17(23)20-14-10-12(4)18-16(19-14)11(2)3/h10-11,13H,5-9H2,1-4H3,(H,18,19,20,23). The van der Waals surface area contributed by atoms with Crippen LogP contribution in [0.4, 0.5) is 5.82 Å². The van der Waals surface area contributed by atoms with Gasteiger partial charge in [0, 0.05) is 30.6 Å². The molecular weight excluding hydrogens is 292 g/mol. The highest BCUT2D eigenvalue weighted by Gasteiger charge is 2.33. The first kappa shape index (κ1) is 17.4. The van der Waals surface area contributed by atoms with Crippen LogP contribution in [0.2, 0.25) is 0 Å². The van der Waals surface area contributed by atoms with Crippen LogP contribution in [0.3, 0.4) is 0 Å². The largest absolute Gasteiger partial charge is 0.331 e. The van der Waals surface area contributed by atoms with E-state index in [1.54, 1.807) is 11.0 Å². The zero-order valence-corrected chi connectivity index (χ0v) is 14.4. The molecule has 1 fully saturated rings. The number of nitrogens with zero attached hydrogens (tertiary/aromatic N) is 3. The van der Waals surface area contributed by atoms with Crippen molar-refractivity contribution in [2.45, 2.75) is 65.3 Å². The molecule has 1 atom stereocenters. The van der Waals surface area contributed by atoms with Gasteiger partial charge < -0.3 is 10.2 Å². The van der Waals surface area contributed by atoms with Gasteiger partial charge in [0.15, 0.2) is 0 Å². The fourth-order valence-electron chi connectivity index (χ4n) is 2.82. The molecule has 2 heterocycles. The summed E-state index contributed by atoms with van der Waals surface area (Å²) in [6.07, 6.45) is 2.87. The Hall–Kier alpha value is -1.98. The van der Waals surface area contributed by atoms with Crippen LogP contribution in [-0.4, -0.2) is 39.3 Å². The van der Waals surface area contributed by atoms with Crippen LogP contribution in [0.15, 0.2) is 6.07 Å². The van der Waals surface area contributed by atoms with Crippen LogP contribution in [0.25, 0.3) is 0 Å². The van der Waals surface area contributed by atoms with Gasteiger partial charge in [-0.1, -0.05) is 20.8 Å². The maximum Gasteiger partial charge on any atom is 0.248 e. The minimum atomic E-state index is -0.383. The first-order valence-electron chi connectivity index (χ1n) is 8.38. The lowest BCUT2D eigenvalue weighted by Gasteiger charge is -2.23. The molecule has 2 rings (SSSR count).